The lowest BCUT2D eigenvalue weighted by molar-refractivity contribution is 0.399. The topological polar surface area (TPSA) is 337 Å². The molecule has 376 valence electrons. The number of aromatic hydroxyl groups is 1. The van der Waals surface area contributed by atoms with Gasteiger partial charge in [0.1, 0.15) is 31.3 Å². The molecule has 0 bridgehead atoms. The molecule has 8 aromatic rings. The summed E-state index contributed by atoms with van der Waals surface area (Å²) in [6.45, 7) is 12.1. The number of nitrogen functional groups attached to an aromatic ring is 4. The van der Waals surface area contributed by atoms with Crippen molar-refractivity contribution in [1.82, 2.24) is 23.7 Å². The summed E-state index contributed by atoms with van der Waals surface area (Å²) in [6, 6.07) is 27.7. The first kappa shape index (κ1) is 53.4. The van der Waals surface area contributed by atoms with Crippen LogP contribution in [-0.2, 0) is 26.0 Å². The largest absolute Gasteiger partial charge is 0.506 e. The number of phenolic OH excluding ortho intramolecular Hbond substituents is 1. The van der Waals surface area contributed by atoms with Crippen LogP contribution in [0.4, 0.5) is 56.0 Å². The monoisotopic (exact) mass is 1060 g/mol. The summed E-state index contributed by atoms with van der Waals surface area (Å²) in [4.78, 5) is 17.7. The van der Waals surface area contributed by atoms with E-state index in [1.807, 2.05) is 54.6 Å². The number of phenols is 1. The highest BCUT2D eigenvalue weighted by Crippen LogP contribution is 2.38. The minimum absolute atomic E-state index is 0.0434. The van der Waals surface area contributed by atoms with Crippen molar-refractivity contribution in [3.8, 4) is 11.5 Å². The van der Waals surface area contributed by atoms with Crippen molar-refractivity contribution in [2.75, 3.05) is 76.7 Å². The van der Waals surface area contributed by atoms with Gasteiger partial charge in [-0.05, 0) is 117 Å². The van der Waals surface area contributed by atoms with Crippen molar-refractivity contribution in [3.63, 3.8) is 0 Å². The number of fused-ring (bicyclic) bond motifs is 2. The highest BCUT2D eigenvalue weighted by Gasteiger charge is 2.25. The number of rotatable bonds is 16. The Morgan fingerprint density at radius 2 is 1.10 bits per heavy atom. The minimum atomic E-state index is -4.52. The molecule has 8 rings (SSSR count). The summed E-state index contributed by atoms with van der Waals surface area (Å²) in [6.07, 6.45) is 0. The first-order chi connectivity index (χ1) is 33.8. The summed E-state index contributed by atoms with van der Waals surface area (Å²) in [5.41, 5.74) is 30.6. The lowest BCUT2D eigenvalue weighted by Gasteiger charge is -2.22. The summed E-state index contributed by atoms with van der Waals surface area (Å²) in [5.74, 6) is 1.02. The summed E-state index contributed by atoms with van der Waals surface area (Å²) < 4.78 is 75.4. The molecule has 0 fully saturated rings. The number of nitrogens with zero attached hydrogens (tertiary/aromatic N) is 7. The zero-order chi connectivity index (χ0) is 51.6. The van der Waals surface area contributed by atoms with E-state index in [0.717, 1.165) is 83.8 Å². The summed E-state index contributed by atoms with van der Waals surface area (Å²) in [5, 5.41) is 17.2. The molecule has 0 atom stereocenters. The van der Waals surface area contributed by atoms with Gasteiger partial charge in [-0.1, -0.05) is 42.1 Å². The predicted octanol–water partition coefficient (Wildman–Crippen LogP) is 8.47. The second kappa shape index (κ2) is 23.3. The normalized spacial score (nSPS) is 11.3. The van der Waals surface area contributed by atoms with Crippen LogP contribution in [0.2, 0.25) is 0 Å². The van der Waals surface area contributed by atoms with E-state index in [0.29, 0.717) is 39.5 Å². The number of anilines is 10. The maximum Gasteiger partial charge on any atom is 0.299 e. The Morgan fingerprint density at radius 1 is 0.634 bits per heavy atom. The van der Waals surface area contributed by atoms with E-state index in [1.54, 1.807) is 17.8 Å². The van der Waals surface area contributed by atoms with Crippen molar-refractivity contribution in [3.05, 3.63) is 96.6 Å². The van der Waals surface area contributed by atoms with Crippen LogP contribution in [0.3, 0.4) is 0 Å². The molecule has 0 saturated carbocycles. The van der Waals surface area contributed by atoms with Crippen LogP contribution in [0.5, 0.6) is 11.5 Å². The molecule has 71 heavy (non-hydrogen) atoms. The third-order valence-corrected chi connectivity index (χ3v) is 14.7. The lowest BCUT2D eigenvalue weighted by atomic mass is 10.2. The van der Waals surface area contributed by atoms with Gasteiger partial charge in [-0.2, -0.15) is 40.5 Å². The van der Waals surface area contributed by atoms with E-state index < -0.39 is 30.9 Å². The Bertz CT molecular complexity index is 3270. The van der Waals surface area contributed by atoms with Crippen molar-refractivity contribution < 1.29 is 35.8 Å². The van der Waals surface area contributed by atoms with Crippen molar-refractivity contribution >= 4 is 133 Å². The molecule has 26 heteroatoms. The lowest BCUT2D eigenvalue weighted by Crippen LogP contribution is -2.22. The first-order valence-corrected chi connectivity index (χ1v) is 27.0. The number of hydrogen-bond acceptors (Lipinski definition) is 22. The van der Waals surface area contributed by atoms with Crippen molar-refractivity contribution in [2.45, 2.75) is 48.4 Å². The molecule has 3 aromatic heterocycles. The second-order valence-corrected chi connectivity index (χ2v) is 20.3. The molecule has 0 aliphatic carbocycles. The van der Waals surface area contributed by atoms with E-state index in [1.165, 1.54) is 24.8 Å². The maximum atomic E-state index is 11.3. The first-order valence-electron chi connectivity index (χ1n) is 21.6. The Morgan fingerprint density at radius 3 is 1.55 bits per heavy atom. The quantitative estimate of drug-likeness (QED) is 0.0249. The van der Waals surface area contributed by atoms with Crippen LogP contribution in [0, 0.1) is 0 Å². The predicted molar refractivity (Wildman–Crippen MR) is 287 cm³/mol. The van der Waals surface area contributed by atoms with Gasteiger partial charge in [0.15, 0.2) is 5.16 Å². The van der Waals surface area contributed by atoms with E-state index in [4.69, 9.17) is 51.7 Å². The number of nitrogens with two attached hydrogens (primary N) is 4. The molecule has 0 aliphatic heterocycles. The molecule has 0 amide bonds. The van der Waals surface area contributed by atoms with Gasteiger partial charge in [0, 0.05) is 43.3 Å². The fourth-order valence-corrected chi connectivity index (χ4v) is 11.0. The molecule has 3 heterocycles. The van der Waals surface area contributed by atoms with Crippen molar-refractivity contribution in [1.29, 1.82) is 0 Å². The third kappa shape index (κ3) is 13.1. The van der Waals surface area contributed by atoms with E-state index in [2.05, 4.69) is 69.0 Å². The smallest absolute Gasteiger partial charge is 0.299 e. The van der Waals surface area contributed by atoms with Crippen molar-refractivity contribution in [2.24, 2.45) is 0 Å². The Hall–Kier alpha value is -6.94. The van der Waals surface area contributed by atoms with Gasteiger partial charge in [0.2, 0.25) is 11.9 Å². The molecular formula is C45H53N13O8S5. The van der Waals surface area contributed by atoms with Gasteiger partial charge in [0.25, 0.3) is 20.2 Å². The molecular weight excluding hydrogens is 1010 g/mol. The number of methoxy groups -OCH3 is 1. The fourth-order valence-electron chi connectivity index (χ4n) is 7.08. The third-order valence-electron chi connectivity index (χ3n) is 10.6. The zero-order valence-electron chi connectivity index (χ0n) is 39.1. The SMILES string of the molecule is CCN(CC)c1ccc(N)c(Nc2nc(Nc3cc(N(CC)CC)ccc3N)nc(SCc3ccccc3)n2)c1.COc1ccc2nsc(N)c2c1S(=O)(=O)O.Nc1snc2ccc(O)c(S(=O)(=O)O)c12. The molecule has 0 saturated heterocycles. The van der Waals surface area contributed by atoms with Crippen LogP contribution < -0.4 is 48.1 Å². The van der Waals surface area contributed by atoms with E-state index in [9.17, 15) is 21.9 Å². The fraction of sp³-hybridized carbons (Fsp3) is 0.222. The van der Waals surface area contributed by atoms with Gasteiger partial charge in [0.05, 0.1) is 51.7 Å². The average Bonchev–Trinajstić information content (AvgIpc) is 3.91. The van der Waals surface area contributed by atoms with Crippen LogP contribution in [0.1, 0.15) is 33.3 Å². The highest BCUT2D eigenvalue weighted by atomic mass is 32.2. The summed E-state index contributed by atoms with van der Waals surface area (Å²) >= 11 is 3.40. The average molecular weight is 1060 g/mol. The number of hydrogen-bond donors (Lipinski definition) is 9. The van der Waals surface area contributed by atoms with E-state index in [-0.39, 0.29) is 31.4 Å². The van der Waals surface area contributed by atoms with Gasteiger partial charge in [-0.3, -0.25) is 9.11 Å². The number of ether oxygens (including phenoxy) is 1. The molecule has 5 aromatic carbocycles. The molecule has 0 radical (unpaired) electrons. The number of nitrogens with one attached hydrogen (secondary N) is 2. The Kier molecular flexibility index (Phi) is 17.5. The van der Waals surface area contributed by atoms with Crippen LogP contribution in [-0.4, -0.2) is 88.0 Å². The van der Waals surface area contributed by atoms with Gasteiger partial charge in [-0.25, -0.2) is 0 Å². The van der Waals surface area contributed by atoms with Gasteiger partial charge < -0.3 is 53.2 Å². The zero-order valence-corrected chi connectivity index (χ0v) is 43.1. The molecule has 0 aliphatic rings. The van der Waals surface area contributed by atoms with Gasteiger partial charge >= 0.3 is 0 Å². The molecule has 0 unspecified atom stereocenters. The Labute approximate surface area is 423 Å². The second-order valence-electron chi connectivity index (χ2n) is 15.0. The minimum Gasteiger partial charge on any atom is -0.506 e. The molecule has 13 N–H and O–H groups in total. The van der Waals surface area contributed by atoms with Crippen LogP contribution >= 0.6 is 34.8 Å². The highest BCUT2D eigenvalue weighted by molar-refractivity contribution is 7.98. The van der Waals surface area contributed by atoms with Crippen LogP contribution in [0.15, 0.2) is 106 Å². The number of benzene rings is 5. The number of thioether (sulfide) groups is 1. The number of aromatic nitrogens is 5. The molecule has 21 nitrogen and oxygen atoms in total. The van der Waals surface area contributed by atoms with E-state index >= 15 is 0 Å². The Balaban J connectivity index is 0.000000215. The van der Waals surface area contributed by atoms with Gasteiger partial charge in [-0.15, -0.1) is 0 Å². The maximum absolute atomic E-state index is 11.3. The molecule has 0 spiro atoms. The standard InChI is InChI=1S/C30H39N9S.C8H8N2O4S2.C7H6N2O4S2/c1-5-38(6-2)22-14-16-24(31)26(18-22)33-28-35-29(37-30(36-28)40-20-21-12-10-9-11-13-21)34-27-19-23(15-17-25(27)32)39(7-3)8-4;1-14-5-3-2-4-6(8(9)15-10-4)7(5)16(11,12)13;8-7-5-3(9-14-7)1-2-4(10)6(5)15(11,12)13/h9-19H,5-8,20,31-32H2,1-4H3,(H2,33,34,35,36,37);2-3H,9H2,1H3,(H,11,12,13);1-2,10H,8H2,(H,11,12,13). The van der Waals surface area contributed by atoms with Crippen LogP contribution in [0.25, 0.3) is 21.8 Å². The summed E-state index contributed by atoms with van der Waals surface area (Å²) in [7, 11) is -7.61.